The van der Waals surface area contributed by atoms with Crippen LogP contribution in [0.5, 0.6) is 0 Å². The number of ether oxygens (including phenoxy) is 2. The Hall–Kier alpha value is -0.570. The molecule has 2 rings (SSSR count). The fourth-order valence-electron chi connectivity index (χ4n) is 1.70. The minimum atomic E-state index is -0.0386. The Morgan fingerprint density at radius 2 is 2.18 bits per heavy atom. The highest BCUT2D eigenvalue weighted by molar-refractivity contribution is 5.73. The largest absolute Gasteiger partial charge is 0.466 e. The van der Waals surface area contributed by atoms with Gasteiger partial charge in [-0.05, 0) is 19.8 Å². The number of carbonyl (C=O) groups is 1. The van der Waals surface area contributed by atoms with Crippen molar-refractivity contribution < 1.29 is 14.3 Å². The van der Waals surface area contributed by atoms with Crippen molar-refractivity contribution in [2.24, 2.45) is 5.92 Å². The maximum absolute atomic E-state index is 11.1. The Morgan fingerprint density at radius 1 is 1.55 bits per heavy atom. The number of fused-ring (bicyclic) bond motifs is 1. The molecule has 1 aliphatic carbocycles. The van der Waals surface area contributed by atoms with Crippen LogP contribution < -0.4 is 0 Å². The van der Waals surface area contributed by atoms with Crippen LogP contribution in [0.1, 0.15) is 19.8 Å². The van der Waals surface area contributed by atoms with E-state index < -0.39 is 0 Å². The summed E-state index contributed by atoms with van der Waals surface area (Å²) in [6, 6.07) is 0. The second-order valence-corrected chi connectivity index (χ2v) is 3.13. The minimum Gasteiger partial charge on any atom is -0.466 e. The average molecular weight is 156 g/mol. The van der Waals surface area contributed by atoms with Crippen molar-refractivity contribution in [3.05, 3.63) is 0 Å². The van der Waals surface area contributed by atoms with E-state index in [1.807, 2.05) is 6.92 Å². The molecule has 0 N–H and O–H groups in total. The van der Waals surface area contributed by atoms with Gasteiger partial charge in [-0.1, -0.05) is 0 Å². The highest BCUT2D eigenvalue weighted by Gasteiger charge is 2.50. The molecule has 2 fully saturated rings. The Balaban J connectivity index is 1.82. The molecule has 2 unspecified atom stereocenters. The summed E-state index contributed by atoms with van der Waals surface area (Å²) in [4.78, 5) is 11.1. The van der Waals surface area contributed by atoms with Crippen molar-refractivity contribution >= 4 is 5.97 Å². The third-order valence-corrected chi connectivity index (χ3v) is 2.34. The quantitative estimate of drug-likeness (QED) is 0.437. The highest BCUT2D eigenvalue weighted by atomic mass is 16.6. The van der Waals surface area contributed by atoms with Crippen molar-refractivity contribution in [3.63, 3.8) is 0 Å². The standard InChI is InChI=1S/C8H12O3/c1-2-10-8(9)5-3-6-7(4-5)11-6/h5-7H,2-4H2,1H3/t5?,6-,7?/m1/s1. The van der Waals surface area contributed by atoms with Crippen LogP contribution in [0.25, 0.3) is 0 Å². The van der Waals surface area contributed by atoms with Crippen molar-refractivity contribution in [2.75, 3.05) is 6.61 Å². The van der Waals surface area contributed by atoms with Gasteiger partial charge in [0.15, 0.2) is 0 Å². The number of hydrogen-bond donors (Lipinski definition) is 0. The van der Waals surface area contributed by atoms with Gasteiger partial charge in [-0.15, -0.1) is 0 Å². The molecule has 0 bridgehead atoms. The maximum Gasteiger partial charge on any atom is 0.309 e. The van der Waals surface area contributed by atoms with Crippen LogP contribution in [-0.4, -0.2) is 24.8 Å². The molecule has 0 spiro atoms. The fourth-order valence-corrected chi connectivity index (χ4v) is 1.70. The highest BCUT2D eigenvalue weighted by Crippen LogP contribution is 2.42. The van der Waals surface area contributed by atoms with Crippen molar-refractivity contribution in [1.82, 2.24) is 0 Å². The molecule has 62 valence electrons. The smallest absolute Gasteiger partial charge is 0.309 e. The lowest BCUT2D eigenvalue weighted by molar-refractivity contribution is -0.148. The summed E-state index contributed by atoms with van der Waals surface area (Å²) in [6.45, 7) is 2.33. The van der Waals surface area contributed by atoms with Crippen molar-refractivity contribution in [3.8, 4) is 0 Å². The van der Waals surface area contributed by atoms with Crippen LogP contribution in [0.15, 0.2) is 0 Å². The Labute approximate surface area is 65.7 Å². The van der Waals surface area contributed by atoms with Gasteiger partial charge in [-0.2, -0.15) is 0 Å². The van der Waals surface area contributed by atoms with E-state index in [1.54, 1.807) is 0 Å². The van der Waals surface area contributed by atoms with E-state index in [4.69, 9.17) is 9.47 Å². The van der Waals surface area contributed by atoms with Crippen LogP contribution in [0, 0.1) is 5.92 Å². The molecule has 11 heavy (non-hydrogen) atoms. The predicted octanol–water partition coefficient (Wildman–Crippen LogP) is 0.727. The Morgan fingerprint density at radius 3 is 2.73 bits per heavy atom. The minimum absolute atomic E-state index is 0.0386. The molecule has 1 heterocycles. The summed E-state index contributed by atoms with van der Waals surface area (Å²) < 4.78 is 10.1. The van der Waals surface area contributed by atoms with Gasteiger partial charge in [0.25, 0.3) is 0 Å². The molecule has 0 radical (unpaired) electrons. The van der Waals surface area contributed by atoms with Crippen LogP contribution in [0.4, 0.5) is 0 Å². The van der Waals surface area contributed by atoms with Gasteiger partial charge in [-0.25, -0.2) is 0 Å². The SMILES string of the molecule is CCOC(=O)C1CC2O[C@@H]2C1. The van der Waals surface area contributed by atoms with Gasteiger partial charge in [0, 0.05) is 0 Å². The molecule has 0 aromatic carbocycles. The molecule has 1 saturated carbocycles. The topological polar surface area (TPSA) is 38.8 Å². The predicted molar refractivity (Wildman–Crippen MR) is 38.0 cm³/mol. The first-order valence-corrected chi connectivity index (χ1v) is 4.13. The molecule has 1 saturated heterocycles. The third-order valence-electron chi connectivity index (χ3n) is 2.34. The van der Waals surface area contributed by atoms with E-state index in [-0.39, 0.29) is 11.9 Å². The normalized spacial score (nSPS) is 39.9. The lowest BCUT2D eigenvalue weighted by atomic mass is 10.1. The van der Waals surface area contributed by atoms with Gasteiger partial charge in [0.05, 0.1) is 24.7 Å². The summed E-state index contributed by atoms with van der Waals surface area (Å²) in [6.07, 6.45) is 2.52. The zero-order chi connectivity index (χ0) is 7.84. The van der Waals surface area contributed by atoms with E-state index in [0.29, 0.717) is 18.8 Å². The van der Waals surface area contributed by atoms with Crippen LogP contribution in [0.2, 0.25) is 0 Å². The zero-order valence-corrected chi connectivity index (χ0v) is 6.58. The van der Waals surface area contributed by atoms with E-state index in [0.717, 1.165) is 12.8 Å². The number of epoxide rings is 1. The van der Waals surface area contributed by atoms with Gasteiger partial charge >= 0.3 is 5.97 Å². The van der Waals surface area contributed by atoms with Crippen LogP contribution >= 0.6 is 0 Å². The summed E-state index contributed by atoms with van der Waals surface area (Å²) >= 11 is 0. The number of carbonyl (C=O) groups excluding carboxylic acids is 1. The van der Waals surface area contributed by atoms with Gasteiger partial charge < -0.3 is 9.47 Å². The first-order valence-electron chi connectivity index (χ1n) is 4.13. The zero-order valence-electron chi connectivity index (χ0n) is 6.58. The molecule has 0 amide bonds. The van der Waals surface area contributed by atoms with E-state index >= 15 is 0 Å². The van der Waals surface area contributed by atoms with Crippen molar-refractivity contribution in [2.45, 2.75) is 32.0 Å². The molecular formula is C8H12O3. The first-order chi connectivity index (χ1) is 5.31. The lowest BCUT2D eigenvalue weighted by Gasteiger charge is -2.08. The van der Waals surface area contributed by atoms with Crippen LogP contribution in [0.3, 0.4) is 0 Å². The van der Waals surface area contributed by atoms with E-state index in [2.05, 4.69) is 0 Å². The number of esters is 1. The summed E-state index contributed by atoms with van der Waals surface area (Å²) in [7, 11) is 0. The van der Waals surface area contributed by atoms with Gasteiger partial charge in [-0.3, -0.25) is 4.79 Å². The summed E-state index contributed by atoms with van der Waals surface area (Å²) in [5.41, 5.74) is 0. The number of rotatable bonds is 2. The Bertz CT molecular complexity index is 168. The molecule has 3 atom stereocenters. The van der Waals surface area contributed by atoms with E-state index in [9.17, 15) is 4.79 Å². The maximum atomic E-state index is 11.1. The molecule has 3 heteroatoms. The third kappa shape index (κ3) is 1.25. The first kappa shape index (κ1) is 7.10. The second-order valence-electron chi connectivity index (χ2n) is 3.13. The monoisotopic (exact) mass is 156 g/mol. The van der Waals surface area contributed by atoms with Crippen LogP contribution in [-0.2, 0) is 14.3 Å². The van der Waals surface area contributed by atoms with E-state index in [1.165, 1.54) is 0 Å². The molecule has 2 aliphatic rings. The van der Waals surface area contributed by atoms with Gasteiger partial charge in [0.2, 0.25) is 0 Å². The fraction of sp³-hybridized carbons (Fsp3) is 0.875. The molecule has 0 aromatic rings. The number of hydrogen-bond acceptors (Lipinski definition) is 3. The summed E-state index contributed by atoms with van der Waals surface area (Å²) in [5.74, 6) is 0.0852. The Kier molecular flexibility index (Phi) is 1.60. The second kappa shape index (κ2) is 2.48. The molecule has 1 aliphatic heterocycles. The molecule has 0 aromatic heterocycles. The van der Waals surface area contributed by atoms with Crippen molar-refractivity contribution in [1.29, 1.82) is 0 Å². The molecular weight excluding hydrogens is 144 g/mol. The molecule has 3 nitrogen and oxygen atoms in total. The lowest BCUT2D eigenvalue weighted by Crippen LogP contribution is -2.16. The summed E-state index contributed by atoms with van der Waals surface area (Å²) in [5, 5.41) is 0. The average Bonchev–Trinajstić information content (AvgIpc) is 2.59. The van der Waals surface area contributed by atoms with Gasteiger partial charge in [0.1, 0.15) is 0 Å².